The van der Waals surface area contributed by atoms with Gasteiger partial charge < -0.3 is 20.5 Å². The first kappa shape index (κ1) is 19.4. The van der Waals surface area contributed by atoms with E-state index in [4.69, 9.17) is 10.3 Å². The number of amides is 2. The molecule has 7 nitrogen and oxygen atoms in total. The average molecular weight is 389 g/mol. The van der Waals surface area contributed by atoms with Crippen LogP contribution in [0.4, 0.5) is 0 Å². The minimum atomic E-state index is -0.175. The van der Waals surface area contributed by atoms with Crippen molar-refractivity contribution in [1.82, 2.24) is 15.4 Å². The van der Waals surface area contributed by atoms with Gasteiger partial charge >= 0.3 is 0 Å². The molecule has 1 saturated heterocycles. The fourth-order valence-electron chi connectivity index (χ4n) is 4.81. The third-order valence-corrected chi connectivity index (χ3v) is 6.70. The maximum absolute atomic E-state index is 13.0. The molecule has 2 saturated carbocycles. The van der Waals surface area contributed by atoms with Crippen LogP contribution in [0.1, 0.15) is 80.5 Å². The van der Waals surface area contributed by atoms with Crippen molar-refractivity contribution in [3.8, 4) is 0 Å². The number of nitrogens with zero attached hydrogens (tertiary/aromatic N) is 2. The van der Waals surface area contributed by atoms with Crippen molar-refractivity contribution in [3.63, 3.8) is 0 Å². The Labute approximate surface area is 166 Å². The quantitative estimate of drug-likeness (QED) is 0.807. The van der Waals surface area contributed by atoms with E-state index in [0.717, 1.165) is 57.1 Å². The minimum absolute atomic E-state index is 0.0655. The lowest BCUT2D eigenvalue weighted by Gasteiger charge is -2.41. The molecule has 0 bridgehead atoms. The summed E-state index contributed by atoms with van der Waals surface area (Å²) in [6, 6.07) is 1.96. The van der Waals surface area contributed by atoms with Crippen molar-refractivity contribution >= 4 is 11.8 Å². The van der Waals surface area contributed by atoms with Crippen molar-refractivity contribution in [2.24, 2.45) is 17.6 Å². The molecule has 3 N–H and O–H groups in total. The monoisotopic (exact) mass is 388 g/mol. The van der Waals surface area contributed by atoms with Crippen LogP contribution in [-0.2, 0) is 4.79 Å². The second-order valence-electron chi connectivity index (χ2n) is 8.93. The zero-order valence-corrected chi connectivity index (χ0v) is 16.7. The molecule has 28 heavy (non-hydrogen) atoms. The highest BCUT2D eigenvalue weighted by Crippen LogP contribution is 2.40. The van der Waals surface area contributed by atoms with Crippen molar-refractivity contribution < 1.29 is 14.1 Å². The van der Waals surface area contributed by atoms with Crippen LogP contribution in [0.2, 0.25) is 0 Å². The first-order chi connectivity index (χ1) is 13.5. The summed E-state index contributed by atoms with van der Waals surface area (Å²) in [5.41, 5.74) is 6.19. The summed E-state index contributed by atoms with van der Waals surface area (Å²) in [4.78, 5) is 27.5. The number of hydrogen-bond acceptors (Lipinski definition) is 5. The van der Waals surface area contributed by atoms with E-state index in [2.05, 4.69) is 17.4 Å². The molecule has 7 heteroatoms. The Balaban J connectivity index is 1.29. The number of likely N-dealkylation sites (tertiary alicyclic amines) is 1. The molecule has 4 atom stereocenters. The van der Waals surface area contributed by atoms with E-state index in [-0.39, 0.29) is 29.8 Å². The maximum Gasteiger partial charge on any atom is 0.273 e. The molecule has 154 valence electrons. The standard InChI is InChI=1S/C21H32N4O3/c1-13-9-17(23-20(26)18-11-19(28-24-18)15-5-6-15)7-8-25(13)21(27)16-4-2-3-14(10-16)12-22/h11,13-17H,2-10,12,22H2,1H3,(H,23,26)/t13-,14?,16?,17-/m0/s1. The van der Waals surface area contributed by atoms with Gasteiger partial charge in [0.1, 0.15) is 5.76 Å². The Bertz CT molecular complexity index is 714. The van der Waals surface area contributed by atoms with Gasteiger partial charge in [-0.05, 0) is 64.3 Å². The predicted molar refractivity (Wildman–Crippen MR) is 105 cm³/mol. The van der Waals surface area contributed by atoms with Crippen LogP contribution in [0.15, 0.2) is 10.6 Å². The second-order valence-corrected chi connectivity index (χ2v) is 8.93. The molecule has 2 heterocycles. The van der Waals surface area contributed by atoms with Gasteiger partial charge in [-0.15, -0.1) is 0 Å². The Morgan fingerprint density at radius 1 is 1.25 bits per heavy atom. The Morgan fingerprint density at radius 3 is 2.79 bits per heavy atom. The number of aromatic nitrogens is 1. The van der Waals surface area contributed by atoms with Crippen molar-refractivity contribution in [2.75, 3.05) is 13.1 Å². The van der Waals surface area contributed by atoms with E-state index in [1.165, 1.54) is 0 Å². The molecule has 0 spiro atoms. The fraction of sp³-hybridized carbons (Fsp3) is 0.762. The molecular weight excluding hydrogens is 356 g/mol. The third-order valence-electron chi connectivity index (χ3n) is 6.70. The van der Waals surface area contributed by atoms with Gasteiger partial charge in [-0.3, -0.25) is 9.59 Å². The highest BCUT2D eigenvalue weighted by molar-refractivity contribution is 5.92. The van der Waals surface area contributed by atoms with Crippen LogP contribution in [0.5, 0.6) is 0 Å². The minimum Gasteiger partial charge on any atom is -0.360 e. The second kappa shape index (κ2) is 8.23. The Morgan fingerprint density at radius 2 is 2.07 bits per heavy atom. The number of hydrogen-bond donors (Lipinski definition) is 2. The molecule has 2 unspecified atom stereocenters. The molecule has 0 aromatic carbocycles. The van der Waals surface area contributed by atoms with Crippen LogP contribution in [0.25, 0.3) is 0 Å². The summed E-state index contributed by atoms with van der Waals surface area (Å²) >= 11 is 0. The topological polar surface area (TPSA) is 101 Å². The molecule has 2 amide bonds. The summed E-state index contributed by atoms with van der Waals surface area (Å²) in [5.74, 6) is 1.97. The van der Waals surface area contributed by atoms with Gasteiger partial charge in [0.25, 0.3) is 5.91 Å². The number of carbonyl (C=O) groups is 2. The lowest BCUT2D eigenvalue weighted by Crippen LogP contribution is -2.52. The summed E-state index contributed by atoms with van der Waals surface area (Å²) in [7, 11) is 0. The van der Waals surface area contributed by atoms with Gasteiger partial charge in [-0.2, -0.15) is 0 Å². The summed E-state index contributed by atoms with van der Waals surface area (Å²) in [5, 5.41) is 7.00. The van der Waals surface area contributed by atoms with Crippen LogP contribution in [-0.4, -0.2) is 47.0 Å². The SMILES string of the molecule is C[C@H]1C[C@@H](NC(=O)c2cc(C3CC3)on2)CCN1C(=O)C1CCCC(CN)C1. The zero-order valence-electron chi connectivity index (χ0n) is 16.7. The van der Waals surface area contributed by atoms with E-state index in [1.807, 2.05) is 4.90 Å². The molecule has 4 rings (SSSR count). The average Bonchev–Trinajstić information content (AvgIpc) is 3.44. The molecule has 0 radical (unpaired) electrons. The van der Waals surface area contributed by atoms with Crippen LogP contribution >= 0.6 is 0 Å². The Hall–Kier alpha value is -1.89. The first-order valence-corrected chi connectivity index (χ1v) is 10.8. The molecule has 1 aliphatic heterocycles. The first-order valence-electron chi connectivity index (χ1n) is 10.8. The maximum atomic E-state index is 13.0. The van der Waals surface area contributed by atoms with E-state index in [0.29, 0.717) is 30.6 Å². The van der Waals surface area contributed by atoms with Gasteiger partial charge in [0.05, 0.1) is 0 Å². The van der Waals surface area contributed by atoms with Crippen molar-refractivity contribution in [2.45, 2.75) is 76.3 Å². The largest absolute Gasteiger partial charge is 0.360 e. The molecular formula is C21H32N4O3. The molecule has 3 aliphatic rings. The highest BCUT2D eigenvalue weighted by Gasteiger charge is 2.35. The van der Waals surface area contributed by atoms with Gasteiger partial charge in [0.15, 0.2) is 5.69 Å². The summed E-state index contributed by atoms with van der Waals surface area (Å²) in [6.45, 7) is 3.46. The van der Waals surface area contributed by atoms with Gasteiger partial charge in [0.2, 0.25) is 5.91 Å². The normalized spacial score (nSPS) is 30.9. The van der Waals surface area contributed by atoms with Crippen molar-refractivity contribution in [3.05, 3.63) is 17.5 Å². The van der Waals surface area contributed by atoms with Crippen LogP contribution in [0, 0.1) is 11.8 Å². The predicted octanol–water partition coefficient (Wildman–Crippen LogP) is 2.43. The summed E-state index contributed by atoms with van der Waals surface area (Å²) < 4.78 is 5.28. The van der Waals surface area contributed by atoms with Gasteiger partial charge in [-0.1, -0.05) is 11.6 Å². The zero-order chi connectivity index (χ0) is 19.7. The lowest BCUT2D eigenvalue weighted by molar-refractivity contribution is -0.140. The molecule has 2 aliphatic carbocycles. The van der Waals surface area contributed by atoms with Crippen LogP contribution in [0.3, 0.4) is 0 Å². The van der Waals surface area contributed by atoms with Gasteiger partial charge in [-0.25, -0.2) is 0 Å². The number of rotatable bonds is 5. The van der Waals surface area contributed by atoms with Crippen molar-refractivity contribution in [1.29, 1.82) is 0 Å². The third kappa shape index (κ3) is 4.24. The smallest absolute Gasteiger partial charge is 0.273 e. The number of nitrogens with one attached hydrogen (secondary N) is 1. The molecule has 1 aromatic heterocycles. The highest BCUT2D eigenvalue weighted by atomic mass is 16.5. The van der Waals surface area contributed by atoms with E-state index in [9.17, 15) is 9.59 Å². The van der Waals surface area contributed by atoms with Gasteiger partial charge in [0, 0.05) is 36.5 Å². The molecule has 1 aromatic rings. The van der Waals surface area contributed by atoms with E-state index >= 15 is 0 Å². The Kier molecular flexibility index (Phi) is 5.71. The number of piperidine rings is 1. The molecule has 3 fully saturated rings. The van der Waals surface area contributed by atoms with E-state index in [1.54, 1.807) is 6.07 Å². The number of carbonyl (C=O) groups excluding carboxylic acids is 2. The van der Waals surface area contributed by atoms with E-state index < -0.39 is 0 Å². The summed E-state index contributed by atoms with van der Waals surface area (Å²) in [6.07, 6.45) is 7.94. The van der Waals surface area contributed by atoms with Crippen LogP contribution < -0.4 is 11.1 Å². The number of nitrogens with two attached hydrogens (primary N) is 1. The lowest BCUT2D eigenvalue weighted by atomic mass is 9.80. The fourth-order valence-corrected chi connectivity index (χ4v) is 4.81.